The quantitative estimate of drug-likeness (QED) is 0.0883. The number of nitrogens with zero attached hydrogens (tertiary/aromatic N) is 2. The largest absolute Gasteiger partial charge is 0.463 e. The number of urea groups is 1. The van der Waals surface area contributed by atoms with Gasteiger partial charge in [0.1, 0.15) is 11.4 Å². The summed E-state index contributed by atoms with van der Waals surface area (Å²) in [5.74, 6) is -5.79. The number of carbonyl (C=O) groups is 6. The Morgan fingerprint density at radius 1 is 0.978 bits per heavy atom. The van der Waals surface area contributed by atoms with Crippen molar-refractivity contribution in [1.29, 1.82) is 5.41 Å². The van der Waals surface area contributed by atoms with Crippen molar-refractivity contribution in [3.8, 4) is 0 Å². The average molecular weight is 623 g/mol. The van der Waals surface area contributed by atoms with E-state index in [-0.39, 0.29) is 17.1 Å². The number of benzene rings is 2. The summed E-state index contributed by atoms with van der Waals surface area (Å²) in [6, 6.07) is 10.3. The van der Waals surface area contributed by atoms with Crippen LogP contribution >= 0.6 is 0 Å². The van der Waals surface area contributed by atoms with Gasteiger partial charge < -0.3 is 26.3 Å². The predicted octanol–water partition coefficient (Wildman–Crippen LogP) is 1.68. The monoisotopic (exact) mass is 622 g/mol. The molecule has 6 N–H and O–H groups in total. The van der Waals surface area contributed by atoms with Crippen LogP contribution < -0.4 is 21.7 Å². The molecule has 4 amide bonds. The molecule has 240 valence electrons. The van der Waals surface area contributed by atoms with Gasteiger partial charge in [-0.15, -0.1) is 0 Å². The minimum absolute atomic E-state index is 0.0916. The second-order valence-corrected chi connectivity index (χ2v) is 11.2. The topological polar surface area (TPSA) is 215 Å². The second-order valence-electron chi connectivity index (χ2n) is 11.2. The van der Waals surface area contributed by atoms with Gasteiger partial charge in [-0.1, -0.05) is 42.5 Å². The fourth-order valence-electron chi connectivity index (χ4n) is 4.94. The van der Waals surface area contributed by atoms with Crippen molar-refractivity contribution in [2.75, 3.05) is 4.90 Å². The number of imide groups is 1. The highest BCUT2D eigenvalue weighted by Crippen LogP contribution is 2.39. The average Bonchev–Trinajstić information content (AvgIpc) is 3.19. The molecule has 0 aromatic heterocycles. The van der Waals surface area contributed by atoms with E-state index >= 15 is 0 Å². The van der Waals surface area contributed by atoms with E-state index in [9.17, 15) is 28.8 Å². The molecule has 1 aliphatic heterocycles. The number of rotatable bonds is 12. The number of nitrogen functional groups attached to an aromatic ring is 1. The highest BCUT2D eigenvalue weighted by atomic mass is 16.6. The first-order valence-corrected chi connectivity index (χ1v) is 14.2. The molecule has 0 unspecified atom stereocenters. The predicted molar refractivity (Wildman–Crippen MR) is 163 cm³/mol. The van der Waals surface area contributed by atoms with E-state index in [1.807, 2.05) is 0 Å². The molecule has 0 aliphatic carbocycles. The van der Waals surface area contributed by atoms with Crippen molar-refractivity contribution in [2.45, 2.75) is 77.4 Å². The fourth-order valence-corrected chi connectivity index (χ4v) is 4.94. The Morgan fingerprint density at radius 2 is 1.53 bits per heavy atom. The molecule has 1 heterocycles. The summed E-state index contributed by atoms with van der Waals surface area (Å²) in [6.45, 7) is 8.46. The summed E-state index contributed by atoms with van der Waals surface area (Å²) in [6.07, 6.45) is -2.02. The summed E-state index contributed by atoms with van der Waals surface area (Å²) in [5.41, 5.74) is 7.34. The molecule has 45 heavy (non-hydrogen) atoms. The van der Waals surface area contributed by atoms with Gasteiger partial charge in [-0.3, -0.25) is 29.5 Å². The Labute approximate surface area is 260 Å². The van der Waals surface area contributed by atoms with Crippen molar-refractivity contribution in [3.05, 3.63) is 65.7 Å². The SMILES string of the molecule is CC(=O)[C@@](C(=O)OC(C)C)(N1C(=O)N[C@](C)(c2ccc(C(=N)N)cc2)C1=O)N(C(=O)[C@@H](N)CC(=O)OC(C)C)c1ccccc1. The van der Waals surface area contributed by atoms with E-state index in [1.165, 1.54) is 69.3 Å². The molecule has 3 rings (SSSR count). The summed E-state index contributed by atoms with van der Waals surface area (Å²) in [7, 11) is 0. The molecule has 14 heteroatoms. The molecule has 0 bridgehead atoms. The molecule has 1 aliphatic rings. The van der Waals surface area contributed by atoms with Crippen LogP contribution in [0.25, 0.3) is 0 Å². The first kappa shape index (κ1) is 34.4. The van der Waals surface area contributed by atoms with E-state index < -0.39 is 71.4 Å². The Kier molecular flexibility index (Phi) is 10.1. The third-order valence-electron chi connectivity index (χ3n) is 7.04. The molecular weight excluding hydrogens is 584 g/mol. The lowest BCUT2D eigenvalue weighted by atomic mass is 9.89. The lowest BCUT2D eigenvalue weighted by Crippen LogP contribution is -2.75. The third-order valence-corrected chi connectivity index (χ3v) is 7.04. The maximum absolute atomic E-state index is 14.4. The van der Waals surface area contributed by atoms with E-state index in [4.69, 9.17) is 26.4 Å². The van der Waals surface area contributed by atoms with Gasteiger partial charge >= 0.3 is 18.0 Å². The van der Waals surface area contributed by atoms with Crippen molar-refractivity contribution < 1.29 is 38.2 Å². The minimum atomic E-state index is -3.04. The van der Waals surface area contributed by atoms with Crippen LogP contribution in [0.5, 0.6) is 0 Å². The summed E-state index contributed by atoms with van der Waals surface area (Å²) in [4.78, 5) is 84.1. The molecule has 0 radical (unpaired) electrons. The number of carbonyl (C=O) groups excluding carboxylic acids is 6. The Morgan fingerprint density at radius 3 is 2.02 bits per heavy atom. The van der Waals surface area contributed by atoms with Gasteiger partial charge in [0.25, 0.3) is 11.6 Å². The van der Waals surface area contributed by atoms with E-state index in [0.717, 1.165) is 6.92 Å². The number of amidine groups is 1. The Balaban J connectivity index is 2.30. The normalized spacial score (nSPS) is 18.2. The van der Waals surface area contributed by atoms with Crippen LogP contribution in [-0.2, 0) is 39.0 Å². The number of nitrogens with two attached hydrogens (primary N) is 2. The first-order valence-electron chi connectivity index (χ1n) is 14.2. The van der Waals surface area contributed by atoms with Crippen LogP contribution in [0.2, 0.25) is 0 Å². The van der Waals surface area contributed by atoms with Crippen LogP contribution in [0.4, 0.5) is 10.5 Å². The van der Waals surface area contributed by atoms with Crippen molar-refractivity contribution in [1.82, 2.24) is 10.2 Å². The Hall–Kier alpha value is -5.11. The van der Waals surface area contributed by atoms with E-state index in [2.05, 4.69) is 5.32 Å². The first-order chi connectivity index (χ1) is 21.0. The molecule has 2 aromatic rings. The minimum Gasteiger partial charge on any atom is -0.463 e. The summed E-state index contributed by atoms with van der Waals surface area (Å²) < 4.78 is 10.6. The van der Waals surface area contributed by atoms with Gasteiger partial charge in [0, 0.05) is 11.3 Å². The molecule has 1 saturated heterocycles. The number of anilines is 1. The zero-order valence-corrected chi connectivity index (χ0v) is 26.0. The van der Waals surface area contributed by atoms with Crippen LogP contribution in [0.15, 0.2) is 54.6 Å². The highest BCUT2D eigenvalue weighted by Gasteiger charge is 2.67. The number of amides is 4. The number of ether oxygens (including phenoxy) is 2. The molecule has 0 saturated carbocycles. The molecule has 14 nitrogen and oxygen atoms in total. The number of hydrogen-bond donors (Lipinski definition) is 4. The van der Waals surface area contributed by atoms with Crippen molar-refractivity contribution in [3.63, 3.8) is 0 Å². The number of esters is 2. The lowest BCUT2D eigenvalue weighted by molar-refractivity contribution is -0.169. The number of ketones is 1. The molecule has 2 aromatic carbocycles. The van der Waals surface area contributed by atoms with Crippen LogP contribution in [0.1, 0.15) is 59.1 Å². The van der Waals surface area contributed by atoms with E-state index in [0.29, 0.717) is 15.4 Å². The number of nitrogens with one attached hydrogen (secondary N) is 2. The molecule has 0 spiro atoms. The van der Waals surface area contributed by atoms with Crippen LogP contribution in [-0.4, -0.2) is 70.2 Å². The van der Waals surface area contributed by atoms with E-state index in [1.54, 1.807) is 19.9 Å². The Bertz CT molecular complexity index is 1510. The van der Waals surface area contributed by atoms with Gasteiger partial charge in [0.2, 0.25) is 5.91 Å². The fraction of sp³-hybridized carbons (Fsp3) is 0.387. The number of hydrogen-bond acceptors (Lipinski definition) is 10. The second kappa shape index (κ2) is 13.3. The zero-order chi connectivity index (χ0) is 33.9. The maximum atomic E-state index is 14.4. The van der Waals surface area contributed by atoms with Gasteiger partial charge in [0.05, 0.1) is 24.7 Å². The lowest BCUT2D eigenvalue weighted by Gasteiger charge is -2.44. The number of Topliss-reactive ketones (excluding diaryl/α,β-unsaturated/α-hetero) is 1. The zero-order valence-electron chi connectivity index (χ0n) is 26.0. The molecule has 1 fully saturated rings. The maximum Gasteiger partial charge on any atom is 0.362 e. The van der Waals surface area contributed by atoms with Crippen molar-refractivity contribution in [2.24, 2.45) is 11.5 Å². The third kappa shape index (κ3) is 6.55. The molecular formula is C31H38N6O8. The van der Waals surface area contributed by atoms with Gasteiger partial charge in [-0.2, -0.15) is 0 Å². The smallest absolute Gasteiger partial charge is 0.362 e. The summed E-state index contributed by atoms with van der Waals surface area (Å²) in [5, 5.41) is 10.2. The summed E-state index contributed by atoms with van der Waals surface area (Å²) >= 11 is 0. The van der Waals surface area contributed by atoms with Gasteiger partial charge in [-0.05, 0) is 59.2 Å². The standard InChI is InChI=1S/C31H38N6O8/c1-17(2)44-24(39)16-23(32)26(40)36(22-10-8-7-9-11-22)31(19(5)38,28(42)45-18(3)4)37-27(41)30(6,35-29(37)43)21-14-12-20(13-15-21)25(33)34/h7-15,17-18,23H,16,32H2,1-6H3,(H3,33,34)(H,35,43)/t23-,30+,31-/m0/s1. The van der Waals surface area contributed by atoms with Gasteiger partial charge in [-0.25, -0.2) is 14.5 Å². The van der Waals surface area contributed by atoms with Crippen LogP contribution in [0, 0.1) is 5.41 Å². The highest BCUT2D eigenvalue weighted by molar-refractivity contribution is 6.24. The van der Waals surface area contributed by atoms with Crippen molar-refractivity contribution >= 4 is 47.1 Å². The number of para-hydroxylation sites is 1. The van der Waals surface area contributed by atoms with Crippen LogP contribution in [0.3, 0.4) is 0 Å². The molecule has 3 atom stereocenters. The van der Waals surface area contributed by atoms with Gasteiger partial charge in [0.15, 0.2) is 5.78 Å².